The third kappa shape index (κ3) is 3.61. The molecule has 5 nitrogen and oxygen atoms in total. The summed E-state index contributed by atoms with van der Waals surface area (Å²) in [5.74, 6) is -0.0973. The lowest BCUT2D eigenvalue weighted by Crippen LogP contribution is -2.23. The van der Waals surface area contributed by atoms with Crippen molar-refractivity contribution in [2.24, 2.45) is 0 Å². The van der Waals surface area contributed by atoms with Gasteiger partial charge in [0.25, 0.3) is 5.91 Å². The Morgan fingerprint density at radius 1 is 1.53 bits per heavy atom. The van der Waals surface area contributed by atoms with Gasteiger partial charge in [0.2, 0.25) is 0 Å². The van der Waals surface area contributed by atoms with Gasteiger partial charge in [0, 0.05) is 25.3 Å². The number of amides is 1. The van der Waals surface area contributed by atoms with Gasteiger partial charge in [0.05, 0.1) is 17.5 Å². The van der Waals surface area contributed by atoms with E-state index in [-0.39, 0.29) is 12.0 Å². The molecule has 0 radical (unpaired) electrons. The zero-order chi connectivity index (χ0) is 13.7. The molecule has 1 atom stereocenters. The van der Waals surface area contributed by atoms with Crippen LogP contribution in [0.25, 0.3) is 0 Å². The van der Waals surface area contributed by atoms with Crippen LogP contribution in [0.4, 0.5) is 11.4 Å². The van der Waals surface area contributed by atoms with Gasteiger partial charge in [0.1, 0.15) is 0 Å². The van der Waals surface area contributed by atoms with E-state index in [1.54, 1.807) is 12.1 Å². The molecule has 1 aromatic rings. The molecule has 0 unspecified atom stereocenters. The summed E-state index contributed by atoms with van der Waals surface area (Å²) in [5, 5.41) is 6.02. The van der Waals surface area contributed by atoms with Gasteiger partial charge >= 0.3 is 0 Å². The molecule has 1 aliphatic rings. The average molecular weight is 263 g/mol. The summed E-state index contributed by atoms with van der Waals surface area (Å²) in [6.45, 7) is 4.10. The van der Waals surface area contributed by atoms with E-state index in [0.29, 0.717) is 17.8 Å². The molecule has 0 bridgehead atoms. The Bertz CT molecular complexity index is 442. The van der Waals surface area contributed by atoms with Gasteiger partial charge in [-0.25, -0.2) is 0 Å². The molecule has 0 spiro atoms. The van der Waals surface area contributed by atoms with E-state index < -0.39 is 0 Å². The first-order valence-corrected chi connectivity index (χ1v) is 6.74. The third-order valence-electron chi connectivity index (χ3n) is 3.20. The number of nitrogen functional groups attached to an aromatic ring is 1. The third-order valence-corrected chi connectivity index (χ3v) is 3.20. The molecule has 0 saturated carbocycles. The second-order valence-electron chi connectivity index (χ2n) is 4.68. The van der Waals surface area contributed by atoms with Crippen molar-refractivity contribution in [3.8, 4) is 0 Å². The first-order valence-electron chi connectivity index (χ1n) is 6.74. The monoisotopic (exact) mass is 263 g/mol. The van der Waals surface area contributed by atoms with Crippen molar-refractivity contribution in [3.63, 3.8) is 0 Å². The Labute approximate surface area is 113 Å². The summed E-state index contributed by atoms with van der Waals surface area (Å²) in [6.07, 6.45) is 2.48. The minimum absolute atomic E-state index is 0.0973. The number of ether oxygens (including phenoxy) is 1. The van der Waals surface area contributed by atoms with Crippen LogP contribution in [-0.4, -0.2) is 31.7 Å². The maximum atomic E-state index is 11.7. The molecule has 19 heavy (non-hydrogen) atoms. The predicted molar refractivity (Wildman–Crippen MR) is 76.3 cm³/mol. The van der Waals surface area contributed by atoms with Gasteiger partial charge in [0.15, 0.2) is 0 Å². The molecule has 104 valence electrons. The highest BCUT2D eigenvalue weighted by atomic mass is 16.5. The van der Waals surface area contributed by atoms with Gasteiger partial charge in [-0.1, -0.05) is 0 Å². The largest absolute Gasteiger partial charge is 0.397 e. The van der Waals surface area contributed by atoms with Crippen LogP contribution in [-0.2, 0) is 4.74 Å². The number of hydrogen-bond donors (Lipinski definition) is 3. The van der Waals surface area contributed by atoms with Crippen LogP contribution in [0.15, 0.2) is 18.2 Å². The smallest absolute Gasteiger partial charge is 0.251 e. The summed E-state index contributed by atoms with van der Waals surface area (Å²) in [4.78, 5) is 11.7. The number of nitrogens with one attached hydrogen (secondary N) is 2. The van der Waals surface area contributed by atoms with Crippen LogP contribution in [0.3, 0.4) is 0 Å². The average Bonchev–Trinajstić information content (AvgIpc) is 2.90. The van der Waals surface area contributed by atoms with Gasteiger partial charge in [-0.3, -0.25) is 4.79 Å². The van der Waals surface area contributed by atoms with Gasteiger partial charge in [-0.05, 0) is 38.0 Å². The minimum atomic E-state index is -0.0973. The molecular weight excluding hydrogens is 242 g/mol. The Morgan fingerprint density at radius 3 is 3.00 bits per heavy atom. The first kappa shape index (κ1) is 13.7. The van der Waals surface area contributed by atoms with Crippen molar-refractivity contribution >= 4 is 17.3 Å². The van der Waals surface area contributed by atoms with Crippen LogP contribution >= 0.6 is 0 Å². The molecule has 1 fully saturated rings. The summed E-state index contributed by atoms with van der Waals surface area (Å²) < 4.78 is 5.54. The second kappa shape index (κ2) is 6.43. The number of benzene rings is 1. The molecule has 2 rings (SSSR count). The maximum absolute atomic E-state index is 11.7. The van der Waals surface area contributed by atoms with E-state index in [4.69, 9.17) is 10.5 Å². The predicted octanol–water partition coefficient (Wildman–Crippen LogP) is 1.61. The molecule has 1 aliphatic heterocycles. The number of nitrogens with two attached hydrogens (primary N) is 1. The molecule has 0 aliphatic carbocycles. The standard InChI is InChI=1S/C14H21N3O2/c1-2-16-14(18)10-5-6-13(12(15)8-10)17-9-11-4-3-7-19-11/h5-6,8,11,17H,2-4,7,9,15H2,1H3,(H,16,18)/t11-/m0/s1. The number of carbonyl (C=O) groups is 1. The molecule has 1 amide bonds. The summed E-state index contributed by atoms with van der Waals surface area (Å²) >= 11 is 0. The summed E-state index contributed by atoms with van der Waals surface area (Å²) in [7, 11) is 0. The van der Waals surface area contributed by atoms with E-state index in [0.717, 1.165) is 31.7 Å². The van der Waals surface area contributed by atoms with Crippen molar-refractivity contribution in [2.45, 2.75) is 25.9 Å². The van der Waals surface area contributed by atoms with Crippen molar-refractivity contribution < 1.29 is 9.53 Å². The van der Waals surface area contributed by atoms with Crippen molar-refractivity contribution in [3.05, 3.63) is 23.8 Å². The van der Waals surface area contributed by atoms with Crippen LogP contribution in [0.2, 0.25) is 0 Å². The molecule has 1 heterocycles. The molecule has 0 aromatic heterocycles. The Morgan fingerprint density at radius 2 is 2.37 bits per heavy atom. The fourth-order valence-electron chi connectivity index (χ4n) is 2.16. The SMILES string of the molecule is CCNC(=O)c1ccc(NC[C@@H]2CCCO2)c(N)c1. The molecule has 5 heteroatoms. The number of rotatable bonds is 5. The van der Waals surface area contributed by atoms with Gasteiger partial charge < -0.3 is 21.1 Å². The van der Waals surface area contributed by atoms with Crippen molar-refractivity contribution in [1.82, 2.24) is 5.32 Å². The quantitative estimate of drug-likeness (QED) is 0.705. The fraction of sp³-hybridized carbons (Fsp3) is 0.500. The second-order valence-corrected chi connectivity index (χ2v) is 4.68. The molecular formula is C14H21N3O2. The molecule has 1 saturated heterocycles. The van der Waals surface area contributed by atoms with E-state index >= 15 is 0 Å². The molecule has 1 aromatic carbocycles. The lowest BCUT2D eigenvalue weighted by Gasteiger charge is -2.14. The van der Waals surface area contributed by atoms with Gasteiger partial charge in [-0.15, -0.1) is 0 Å². The van der Waals surface area contributed by atoms with Crippen LogP contribution in [0.5, 0.6) is 0 Å². The van der Waals surface area contributed by atoms with E-state index in [2.05, 4.69) is 10.6 Å². The highest BCUT2D eigenvalue weighted by molar-refractivity contribution is 5.96. The number of hydrogen-bond acceptors (Lipinski definition) is 4. The lowest BCUT2D eigenvalue weighted by molar-refractivity contribution is 0.0956. The highest BCUT2D eigenvalue weighted by Gasteiger charge is 2.15. The summed E-state index contributed by atoms with van der Waals surface area (Å²) in [6, 6.07) is 5.32. The minimum Gasteiger partial charge on any atom is -0.397 e. The summed E-state index contributed by atoms with van der Waals surface area (Å²) in [5.41, 5.74) is 7.98. The topological polar surface area (TPSA) is 76.4 Å². The van der Waals surface area contributed by atoms with Gasteiger partial charge in [-0.2, -0.15) is 0 Å². The Kier molecular flexibility index (Phi) is 4.63. The van der Waals surface area contributed by atoms with Crippen LogP contribution in [0.1, 0.15) is 30.1 Å². The number of anilines is 2. The Hall–Kier alpha value is -1.75. The molecule has 4 N–H and O–H groups in total. The zero-order valence-electron chi connectivity index (χ0n) is 11.2. The van der Waals surface area contributed by atoms with E-state index in [1.807, 2.05) is 13.0 Å². The normalized spacial score (nSPS) is 18.3. The maximum Gasteiger partial charge on any atom is 0.251 e. The van der Waals surface area contributed by atoms with Crippen LogP contribution < -0.4 is 16.4 Å². The fourth-order valence-corrected chi connectivity index (χ4v) is 2.16. The number of carbonyl (C=O) groups excluding carboxylic acids is 1. The van der Waals surface area contributed by atoms with Crippen LogP contribution in [0, 0.1) is 0 Å². The van der Waals surface area contributed by atoms with E-state index in [9.17, 15) is 4.79 Å². The lowest BCUT2D eigenvalue weighted by atomic mass is 10.1. The van der Waals surface area contributed by atoms with Crippen molar-refractivity contribution in [1.29, 1.82) is 0 Å². The first-order chi connectivity index (χ1) is 9.20. The zero-order valence-corrected chi connectivity index (χ0v) is 11.2. The van der Waals surface area contributed by atoms with E-state index in [1.165, 1.54) is 0 Å². The Balaban J connectivity index is 1.96. The van der Waals surface area contributed by atoms with Crippen molar-refractivity contribution in [2.75, 3.05) is 30.7 Å². The highest BCUT2D eigenvalue weighted by Crippen LogP contribution is 2.21.